The molecule has 0 saturated carbocycles. The average Bonchev–Trinajstić information content (AvgIpc) is 2.30. The largest absolute Gasteiger partial charge is 0.424 e. The molecule has 0 aliphatic heterocycles. The number of nitrogens with zero attached hydrogens (tertiary/aromatic N) is 1. The topological polar surface area (TPSA) is 47.0 Å². The van der Waals surface area contributed by atoms with Gasteiger partial charge in [-0.15, -0.1) is 4.57 Å². The van der Waals surface area contributed by atoms with Gasteiger partial charge in [-0.25, -0.2) is 4.79 Å². The Morgan fingerprint density at radius 2 is 1.62 bits per heavy atom. The number of nitrogen functional groups attached to an aromatic ring is 1. The summed E-state index contributed by atoms with van der Waals surface area (Å²) in [4.78, 5) is 12.0. The lowest BCUT2D eigenvalue weighted by Crippen LogP contribution is -2.41. The van der Waals surface area contributed by atoms with Gasteiger partial charge in [-0.3, -0.25) is 0 Å². The first-order valence-electron chi connectivity index (χ1n) is 5.05. The van der Waals surface area contributed by atoms with Crippen LogP contribution in [-0.4, -0.2) is 5.91 Å². The van der Waals surface area contributed by atoms with Gasteiger partial charge in [-0.05, 0) is 19.1 Å². The lowest BCUT2D eigenvalue weighted by Gasteiger charge is -1.96. The van der Waals surface area contributed by atoms with E-state index in [9.17, 15) is 4.79 Å². The Kier molecular flexibility index (Phi) is 2.68. The number of anilines is 1. The predicted molar refractivity (Wildman–Crippen MR) is 62.0 cm³/mol. The number of hydrogen-bond donors (Lipinski definition) is 1. The minimum atomic E-state index is -0.0556. The first-order valence-corrected chi connectivity index (χ1v) is 5.05. The van der Waals surface area contributed by atoms with E-state index in [0.29, 0.717) is 11.3 Å². The third kappa shape index (κ3) is 2.08. The second-order valence-electron chi connectivity index (χ2n) is 3.71. The van der Waals surface area contributed by atoms with Crippen molar-refractivity contribution in [3.05, 3.63) is 59.9 Å². The van der Waals surface area contributed by atoms with Crippen molar-refractivity contribution in [2.75, 3.05) is 5.73 Å². The van der Waals surface area contributed by atoms with E-state index in [1.165, 1.54) is 4.57 Å². The van der Waals surface area contributed by atoms with Gasteiger partial charge in [0.1, 0.15) is 0 Å². The van der Waals surface area contributed by atoms with Gasteiger partial charge in [0.15, 0.2) is 12.4 Å². The molecule has 2 aromatic rings. The van der Waals surface area contributed by atoms with Gasteiger partial charge in [-0.1, -0.05) is 17.7 Å². The summed E-state index contributed by atoms with van der Waals surface area (Å²) in [5.74, 6) is -0.0556. The molecule has 3 heteroatoms. The lowest BCUT2D eigenvalue weighted by molar-refractivity contribution is -0.570. The van der Waals surface area contributed by atoms with Gasteiger partial charge >= 0.3 is 5.91 Å². The fourth-order valence-electron chi connectivity index (χ4n) is 1.42. The van der Waals surface area contributed by atoms with Crippen molar-refractivity contribution in [2.45, 2.75) is 6.92 Å². The Morgan fingerprint density at radius 1 is 1.06 bits per heavy atom. The van der Waals surface area contributed by atoms with Crippen LogP contribution in [-0.2, 0) is 0 Å². The molecule has 0 spiro atoms. The van der Waals surface area contributed by atoms with E-state index < -0.39 is 0 Å². The van der Waals surface area contributed by atoms with E-state index in [-0.39, 0.29) is 5.91 Å². The zero-order valence-corrected chi connectivity index (χ0v) is 9.05. The van der Waals surface area contributed by atoms with E-state index in [4.69, 9.17) is 5.73 Å². The molecule has 1 heterocycles. The van der Waals surface area contributed by atoms with Crippen LogP contribution in [0.15, 0.2) is 48.8 Å². The van der Waals surface area contributed by atoms with Crippen molar-refractivity contribution >= 4 is 11.6 Å². The normalized spacial score (nSPS) is 10.1. The fourth-order valence-corrected chi connectivity index (χ4v) is 1.42. The SMILES string of the molecule is Cc1ccc(C(=O)[n+]2ccc(N)cc2)cc1. The standard InChI is InChI=1S/C13H12N2O/c1-10-2-4-11(5-3-10)13(16)15-8-6-12(14)7-9-15/h2-9,14H,1H3/p+1. The van der Waals surface area contributed by atoms with Crippen molar-refractivity contribution in [1.82, 2.24) is 0 Å². The summed E-state index contributed by atoms with van der Waals surface area (Å²) in [6, 6.07) is 10.9. The Morgan fingerprint density at radius 3 is 2.19 bits per heavy atom. The Hall–Kier alpha value is -2.16. The minimum Gasteiger partial charge on any atom is -0.398 e. The molecule has 0 radical (unpaired) electrons. The van der Waals surface area contributed by atoms with Crippen molar-refractivity contribution in [1.29, 1.82) is 0 Å². The summed E-state index contributed by atoms with van der Waals surface area (Å²) in [7, 11) is 0. The molecule has 0 amide bonds. The highest BCUT2D eigenvalue weighted by atomic mass is 16.2. The van der Waals surface area contributed by atoms with Crippen LogP contribution in [0, 0.1) is 6.92 Å². The summed E-state index contributed by atoms with van der Waals surface area (Å²) in [5, 5.41) is 0. The molecule has 2 N–H and O–H groups in total. The monoisotopic (exact) mass is 213 g/mol. The predicted octanol–water partition coefficient (Wildman–Crippen LogP) is 1.55. The number of aryl methyl sites for hydroxylation is 1. The minimum absolute atomic E-state index is 0.0556. The molecule has 1 aromatic heterocycles. The molecule has 0 unspecified atom stereocenters. The number of carbonyl (C=O) groups excluding carboxylic acids is 1. The quantitative estimate of drug-likeness (QED) is 0.731. The van der Waals surface area contributed by atoms with Crippen LogP contribution in [0.1, 0.15) is 15.9 Å². The van der Waals surface area contributed by atoms with E-state index >= 15 is 0 Å². The van der Waals surface area contributed by atoms with E-state index in [2.05, 4.69) is 0 Å². The smallest absolute Gasteiger partial charge is 0.398 e. The Labute approximate surface area is 94.1 Å². The van der Waals surface area contributed by atoms with Gasteiger partial charge < -0.3 is 5.73 Å². The summed E-state index contributed by atoms with van der Waals surface area (Å²) in [5.41, 5.74) is 8.01. The van der Waals surface area contributed by atoms with Gasteiger partial charge in [0.2, 0.25) is 0 Å². The molecule has 3 nitrogen and oxygen atoms in total. The van der Waals surface area contributed by atoms with Crippen LogP contribution < -0.4 is 10.3 Å². The third-order valence-corrected chi connectivity index (χ3v) is 2.39. The maximum absolute atomic E-state index is 12.0. The molecule has 0 bridgehead atoms. The van der Waals surface area contributed by atoms with Gasteiger partial charge in [0.25, 0.3) is 0 Å². The number of carbonyl (C=O) groups is 1. The Bertz CT molecular complexity index is 453. The molecule has 0 aliphatic rings. The number of rotatable bonds is 1. The molecule has 1 aromatic carbocycles. The van der Waals surface area contributed by atoms with Gasteiger partial charge in [-0.2, -0.15) is 0 Å². The van der Waals surface area contributed by atoms with Crippen LogP contribution in [0.5, 0.6) is 0 Å². The van der Waals surface area contributed by atoms with Crippen molar-refractivity contribution in [3.63, 3.8) is 0 Å². The highest BCUT2D eigenvalue weighted by molar-refractivity contribution is 5.87. The lowest BCUT2D eigenvalue weighted by atomic mass is 10.1. The van der Waals surface area contributed by atoms with E-state index in [0.717, 1.165) is 5.56 Å². The number of nitrogens with two attached hydrogens (primary N) is 1. The molecule has 0 atom stereocenters. The molecule has 0 aliphatic carbocycles. The van der Waals surface area contributed by atoms with Crippen molar-refractivity contribution < 1.29 is 9.36 Å². The molecule has 2 rings (SSSR count). The molecular formula is C13H13N2O+. The van der Waals surface area contributed by atoms with Gasteiger partial charge in [0, 0.05) is 17.8 Å². The summed E-state index contributed by atoms with van der Waals surface area (Å²) < 4.78 is 1.51. The van der Waals surface area contributed by atoms with E-state index in [1.54, 1.807) is 24.5 Å². The highest BCUT2D eigenvalue weighted by Gasteiger charge is 2.15. The van der Waals surface area contributed by atoms with Gasteiger partial charge in [0.05, 0.1) is 5.56 Å². The maximum atomic E-state index is 12.0. The van der Waals surface area contributed by atoms with Crippen LogP contribution in [0.2, 0.25) is 0 Å². The summed E-state index contributed by atoms with van der Waals surface area (Å²) in [6.45, 7) is 1.99. The first kappa shape index (κ1) is 10.4. The number of aromatic nitrogens is 1. The molecule has 0 fully saturated rings. The molecule has 0 saturated heterocycles. The molecule has 80 valence electrons. The van der Waals surface area contributed by atoms with Crippen molar-refractivity contribution in [3.8, 4) is 0 Å². The molecular weight excluding hydrogens is 200 g/mol. The highest BCUT2D eigenvalue weighted by Crippen LogP contribution is 2.03. The fraction of sp³-hybridized carbons (Fsp3) is 0.0769. The number of hydrogen-bond acceptors (Lipinski definition) is 2. The molecule has 16 heavy (non-hydrogen) atoms. The average molecular weight is 213 g/mol. The van der Waals surface area contributed by atoms with Crippen LogP contribution in [0.25, 0.3) is 0 Å². The third-order valence-electron chi connectivity index (χ3n) is 2.39. The number of benzene rings is 1. The van der Waals surface area contributed by atoms with E-state index in [1.807, 2.05) is 31.2 Å². The second-order valence-corrected chi connectivity index (χ2v) is 3.71. The summed E-state index contributed by atoms with van der Waals surface area (Å²) in [6.07, 6.45) is 3.33. The van der Waals surface area contributed by atoms with Crippen LogP contribution in [0.4, 0.5) is 5.69 Å². The number of pyridine rings is 1. The zero-order chi connectivity index (χ0) is 11.5. The van der Waals surface area contributed by atoms with Crippen molar-refractivity contribution in [2.24, 2.45) is 0 Å². The first-order chi connectivity index (χ1) is 7.66. The second kappa shape index (κ2) is 4.14. The van der Waals surface area contributed by atoms with Crippen LogP contribution >= 0.6 is 0 Å². The summed E-state index contributed by atoms with van der Waals surface area (Å²) >= 11 is 0. The Balaban J connectivity index is 2.32. The maximum Gasteiger partial charge on any atom is 0.424 e. The zero-order valence-electron chi connectivity index (χ0n) is 9.05. The van der Waals surface area contributed by atoms with Crippen LogP contribution in [0.3, 0.4) is 0 Å².